The predicted molar refractivity (Wildman–Crippen MR) is 125 cm³/mol. The molecule has 1 aliphatic rings. The van der Waals surface area contributed by atoms with Gasteiger partial charge < -0.3 is 9.15 Å². The highest BCUT2D eigenvalue weighted by atomic mass is 16.5. The minimum Gasteiger partial charge on any atom is -0.462 e. The van der Waals surface area contributed by atoms with E-state index >= 15 is 0 Å². The Kier molecular flexibility index (Phi) is 6.14. The molecule has 2 heterocycles. The van der Waals surface area contributed by atoms with Crippen LogP contribution in [0.5, 0.6) is 0 Å². The summed E-state index contributed by atoms with van der Waals surface area (Å²) in [6.07, 6.45) is 1.30. The van der Waals surface area contributed by atoms with Crippen molar-refractivity contribution < 1.29 is 28.3 Å². The second-order valence-electron chi connectivity index (χ2n) is 7.80. The molecule has 0 spiro atoms. The molecule has 1 aromatic heterocycles. The molecule has 0 bridgehead atoms. The number of imide groups is 2. The highest BCUT2D eigenvalue weighted by molar-refractivity contribution is 6.39. The second kappa shape index (κ2) is 9.19. The van der Waals surface area contributed by atoms with Crippen molar-refractivity contribution in [2.45, 2.75) is 20.8 Å². The van der Waals surface area contributed by atoms with Crippen molar-refractivity contribution in [3.63, 3.8) is 0 Å². The summed E-state index contributed by atoms with van der Waals surface area (Å²) in [5.74, 6) is -1.21. The van der Waals surface area contributed by atoms with Gasteiger partial charge in [0, 0.05) is 5.56 Å². The maximum Gasteiger partial charge on any atom is 0.338 e. The largest absolute Gasteiger partial charge is 0.462 e. The topological polar surface area (TPSA) is 106 Å². The summed E-state index contributed by atoms with van der Waals surface area (Å²) in [6.45, 7) is 5.73. The molecule has 4 rings (SSSR count). The van der Waals surface area contributed by atoms with Gasteiger partial charge in [-0.05, 0) is 74.4 Å². The fourth-order valence-electron chi connectivity index (χ4n) is 3.68. The van der Waals surface area contributed by atoms with Crippen LogP contribution < -0.4 is 10.2 Å². The average molecular weight is 458 g/mol. The fraction of sp³-hybridized carbons (Fsp3) is 0.154. The fourth-order valence-corrected chi connectivity index (χ4v) is 3.68. The van der Waals surface area contributed by atoms with E-state index in [9.17, 15) is 19.2 Å². The summed E-state index contributed by atoms with van der Waals surface area (Å²) in [5.41, 5.74) is 3.02. The third-order valence-corrected chi connectivity index (χ3v) is 5.16. The van der Waals surface area contributed by atoms with Gasteiger partial charge in [0.2, 0.25) is 0 Å². The first-order valence-corrected chi connectivity index (χ1v) is 10.6. The molecule has 8 nitrogen and oxygen atoms in total. The summed E-state index contributed by atoms with van der Waals surface area (Å²) in [4.78, 5) is 50.7. The van der Waals surface area contributed by atoms with Gasteiger partial charge in [0.15, 0.2) is 0 Å². The Hall–Kier alpha value is -4.46. The number of urea groups is 1. The quantitative estimate of drug-likeness (QED) is 0.345. The van der Waals surface area contributed by atoms with E-state index in [1.54, 1.807) is 55.5 Å². The molecule has 34 heavy (non-hydrogen) atoms. The van der Waals surface area contributed by atoms with Gasteiger partial charge in [-0.15, -0.1) is 0 Å². The van der Waals surface area contributed by atoms with E-state index in [4.69, 9.17) is 9.15 Å². The number of ether oxygens (including phenoxy) is 1. The van der Waals surface area contributed by atoms with Gasteiger partial charge in [0.1, 0.15) is 17.1 Å². The summed E-state index contributed by atoms with van der Waals surface area (Å²) in [7, 11) is 0. The Morgan fingerprint density at radius 2 is 1.68 bits per heavy atom. The normalized spacial score (nSPS) is 15.0. The number of esters is 1. The van der Waals surface area contributed by atoms with Crippen LogP contribution in [-0.4, -0.2) is 30.4 Å². The number of hydrogen-bond acceptors (Lipinski definition) is 6. The number of barbiturate groups is 1. The molecule has 0 saturated carbocycles. The number of nitrogens with one attached hydrogen (secondary N) is 1. The van der Waals surface area contributed by atoms with Crippen molar-refractivity contribution in [1.29, 1.82) is 0 Å². The Labute approximate surface area is 195 Å². The van der Waals surface area contributed by atoms with Crippen molar-refractivity contribution >= 4 is 35.6 Å². The zero-order valence-corrected chi connectivity index (χ0v) is 18.9. The smallest absolute Gasteiger partial charge is 0.338 e. The molecular weight excluding hydrogens is 436 g/mol. The van der Waals surface area contributed by atoms with Gasteiger partial charge in [-0.25, -0.2) is 14.5 Å². The molecule has 1 aliphatic heterocycles. The molecule has 1 N–H and O–H groups in total. The molecule has 4 amide bonds. The van der Waals surface area contributed by atoms with Crippen molar-refractivity contribution in [2.75, 3.05) is 11.5 Å². The van der Waals surface area contributed by atoms with Crippen molar-refractivity contribution in [1.82, 2.24) is 5.32 Å². The number of nitrogens with zero attached hydrogens (tertiary/aromatic N) is 1. The summed E-state index contributed by atoms with van der Waals surface area (Å²) in [5, 5.41) is 2.21. The third-order valence-electron chi connectivity index (χ3n) is 5.16. The number of rotatable bonds is 5. The van der Waals surface area contributed by atoms with Gasteiger partial charge in [-0.1, -0.05) is 18.2 Å². The molecule has 0 radical (unpaired) electrons. The average Bonchev–Trinajstić information content (AvgIpc) is 3.25. The van der Waals surface area contributed by atoms with Gasteiger partial charge >= 0.3 is 12.0 Å². The standard InChI is InChI=1S/C26H22N2O6/c1-4-33-25(31)18-7-5-17(6-8-18)22-10-9-20(34-22)14-21-23(29)27-26(32)28(24(21)30)19-12-15(2)11-16(3)13-19/h5-14H,4H2,1-3H3,(H,27,29,32). The van der Waals surface area contributed by atoms with Crippen LogP contribution in [-0.2, 0) is 14.3 Å². The van der Waals surface area contributed by atoms with Gasteiger partial charge in [-0.3, -0.25) is 14.9 Å². The highest BCUT2D eigenvalue weighted by Crippen LogP contribution is 2.27. The lowest BCUT2D eigenvalue weighted by atomic mass is 10.1. The van der Waals surface area contributed by atoms with E-state index in [2.05, 4.69) is 5.32 Å². The number of aryl methyl sites for hydroxylation is 2. The molecule has 8 heteroatoms. The zero-order chi connectivity index (χ0) is 24.4. The lowest BCUT2D eigenvalue weighted by molar-refractivity contribution is -0.122. The predicted octanol–water partition coefficient (Wildman–Crippen LogP) is 4.41. The first-order chi connectivity index (χ1) is 16.3. The minimum absolute atomic E-state index is 0.225. The van der Waals surface area contributed by atoms with Crippen LogP contribution in [0, 0.1) is 13.8 Å². The first kappa shape index (κ1) is 22.7. The Morgan fingerprint density at radius 3 is 2.32 bits per heavy atom. The van der Waals surface area contributed by atoms with E-state index in [1.807, 2.05) is 19.9 Å². The number of benzene rings is 2. The first-order valence-electron chi connectivity index (χ1n) is 10.6. The molecular formula is C26H22N2O6. The number of amides is 4. The molecule has 172 valence electrons. The van der Waals surface area contributed by atoms with Gasteiger partial charge in [-0.2, -0.15) is 0 Å². The molecule has 2 aromatic carbocycles. The highest BCUT2D eigenvalue weighted by Gasteiger charge is 2.37. The van der Waals surface area contributed by atoms with E-state index in [-0.39, 0.29) is 17.9 Å². The van der Waals surface area contributed by atoms with E-state index in [0.717, 1.165) is 16.0 Å². The van der Waals surface area contributed by atoms with Crippen LogP contribution >= 0.6 is 0 Å². The van der Waals surface area contributed by atoms with Gasteiger partial charge in [0.05, 0.1) is 17.9 Å². The Balaban J connectivity index is 1.61. The Bertz CT molecular complexity index is 1310. The number of anilines is 1. The minimum atomic E-state index is -0.807. The van der Waals surface area contributed by atoms with E-state index < -0.39 is 23.8 Å². The molecule has 1 saturated heterocycles. The monoisotopic (exact) mass is 458 g/mol. The van der Waals surface area contributed by atoms with E-state index in [1.165, 1.54) is 6.08 Å². The van der Waals surface area contributed by atoms with Gasteiger partial charge in [0.25, 0.3) is 11.8 Å². The van der Waals surface area contributed by atoms with Crippen LogP contribution in [0.4, 0.5) is 10.5 Å². The summed E-state index contributed by atoms with van der Waals surface area (Å²) in [6, 6.07) is 14.5. The van der Waals surface area contributed by atoms with Crippen molar-refractivity contribution in [3.8, 4) is 11.3 Å². The SMILES string of the molecule is CCOC(=O)c1ccc(-c2ccc(C=C3C(=O)NC(=O)N(c4cc(C)cc(C)c4)C3=O)o2)cc1. The summed E-state index contributed by atoms with van der Waals surface area (Å²) >= 11 is 0. The molecule has 0 aliphatic carbocycles. The van der Waals surface area contributed by atoms with Crippen molar-refractivity contribution in [3.05, 3.63) is 82.6 Å². The zero-order valence-electron chi connectivity index (χ0n) is 18.9. The molecule has 0 unspecified atom stereocenters. The molecule has 0 atom stereocenters. The van der Waals surface area contributed by atoms with Crippen LogP contribution in [0.25, 0.3) is 17.4 Å². The maximum atomic E-state index is 13.1. The third kappa shape index (κ3) is 4.52. The van der Waals surface area contributed by atoms with Crippen LogP contribution in [0.2, 0.25) is 0 Å². The van der Waals surface area contributed by atoms with E-state index in [0.29, 0.717) is 22.6 Å². The number of furan rings is 1. The summed E-state index contributed by atoms with van der Waals surface area (Å²) < 4.78 is 10.8. The number of hydrogen-bond donors (Lipinski definition) is 1. The molecule has 1 fully saturated rings. The number of carbonyl (C=O) groups is 4. The van der Waals surface area contributed by atoms with Crippen LogP contribution in [0.15, 0.2) is 64.6 Å². The van der Waals surface area contributed by atoms with Crippen LogP contribution in [0.1, 0.15) is 34.2 Å². The number of carbonyl (C=O) groups excluding carboxylic acids is 4. The van der Waals surface area contributed by atoms with Crippen molar-refractivity contribution in [2.24, 2.45) is 0 Å². The lowest BCUT2D eigenvalue weighted by Crippen LogP contribution is -2.54. The molecule has 3 aromatic rings. The van der Waals surface area contributed by atoms with Crippen LogP contribution in [0.3, 0.4) is 0 Å². The Morgan fingerprint density at radius 1 is 1.00 bits per heavy atom. The lowest BCUT2D eigenvalue weighted by Gasteiger charge is -2.26. The second-order valence-corrected chi connectivity index (χ2v) is 7.80. The maximum absolute atomic E-state index is 13.1.